The number of halogens is 3. The third-order valence-electron chi connectivity index (χ3n) is 2.40. The van der Waals surface area contributed by atoms with Crippen LogP contribution in [-0.4, -0.2) is 24.0 Å². The molecule has 7 heteroatoms. The summed E-state index contributed by atoms with van der Waals surface area (Å²) in [6.07, 6.45) is -4.72. The monoisotopic (exact) mass is 277 g/mol. The molecule has 0 radical (unpaired) electrons. The average Bonchev–Trinajstić information content (AvgIpc) is 2.27. The van der Waals surface area contributed by atoms with Crippen LogP contribution in [0.5, 0.6) is 5.75 Å². The molecule has 0 fully saturated rings. The van der Waals surface area contributed by atoms with Crippen molar-refractivity contribution in [3.63, 3.8) is 0 Å². The molecule has 0 saturated carbocycles. The Morgan fingerprint density at radius 2 is 1.95 bits per heavy atom. The number of hydrogen-bond acceptors (Lipinski definition) is 3. The summed E-state index contributed by atoms with van der Waals surface area (Å²) in [5.41, 5.74) is 0.750. The normalized spacial score (nSPS) is 13.1. The van der Waals surface area contributed by atoms with Crippen molar-refractivity contribution in [2.24, 2.45) is 0 Å². The van der Waals surface area contributed by atoms with Crippen LogP contribution in [-0.2, 0) is 4.79 Å². The predicted molar refractivity (Wildman–Crippen MR) is 61.8 cm³/mol. The summed E-state index contributed by atoms with van der Waals surface area (Å²) in [4.78, 5) is 10.3. The number of carboxylic acid groups (broad SMARTS) is 1. The zero-order chi connectivity index (χ0) is 14.5. The Balaban J connectivity index is 2.53. The maximum Gasteiger partial charge on any atom is 0.573 e. The Morgan fingerprint density at radius 3 is 2.42 bits per heavy atom. The van der Waals surface area contributed by atoms with E-state index in [1.807, 2.05) is 0 Å². The number of nitrogens with one attached hydrogen (secondary N) is 1. The second kappa shape index (κ2) is 6.42. The molecule has 106 valence electrons. The minimum atomic E-state index is -4.70. The van der Waals surface area contributed by atoms with Crippen molar-refractivity contribution in [3.05, 3.63) is 29.8 Å². The lowest BCUT2D eigenvalue weighted by molar-refractivity contribution is -0.274. The number of carbonyl (C=O) groups is 1. The van der Waals surface area contributed by atoms with Crippen molar-refractivity contribution in [1.29, 1.82) is 0 Å². The average molecular weight is 277 g/mol. The Kier molecular flexibility index (Phi) is 5.17. The van der Waals surface area contributed by atoms with E-state index in [4.69, 9.17) is 5.11 Å². The highest BCUT2D eigenvalue weighted by molar-refractivity contribution is 5.66. The highest BCUT2D eigenvalue weighted by atomic mass is 19.4. The summed E-state index contributed by atoms with van der Waals surface area (Å²) < 4.78 is 39.6. The molecule has 19 heavy (non-hydrogen) atoms. The molecular formula is C12H14F3NO3. The van der Waals surface area contributed by atoms with Crippen LogP contribution in [0.4, 0.5) is 13.2 Å². The number of benzene rings is 1. The minimum Gasteiger partial charge on any atom is -0.481 e. The molecule has 4 nitrogen and oxygen atoms in total. The van der Waals surface area contributed by atoms with Gasteiger partial charge in [-0.05, 0) is 24.6 Å². The molecule has 0 heterocycles. The Labute approximate surface area is 108 Å². The number of alkyl halides is 3. The summed E-state index contributed by atoms with van der Waals surface area (Å²) in [6, 6.07) is 5.29. The summed E-state index contributed by atoms with van der Waals surface area (Å²) in [7, 11) is 0. The number of ether oxygens (including phenoxy) is 1. The molecule has 0 aliphatic heterocycles. The summed E-state index contributed by atoms with van der Waals surface area (Å²) in [6.45, 7) is 2.08. The summed E-state index contributed by atoms with van der Waals surface area (Å²) >= 11 is 0. The fourth-order valence-electron chi connectivity index (χ4n) is 1.47. The van der Waals surface area contributed by atoms with E-state index in [0.717, 1.165) is 5.56 Å². The lowest BCUT2D eigenvalue weighted by Gasteiger charge is -2.14. The van der Waals surface area contributed by atoms with Gasteiger partial charge in [0.2, 0.25) is 0 Å². The number of aliphatic carboxylic acids is 1. The molecule has 0 aliphatic carbocycles. The maximum absolute atomic E-state index is 12.0. The number of carboxylic acids is 1. The van der Waals surface area contributed by atoms with Crippen molar-refractivity contribution in [1.82, 2.24) is 5.32 Å². The van der Waals surface area contributed by atoms with Gasteiger partial charge in [-0.3, -0.25) is 4.79 Å². The molecule has 0 saturated heterocycles. The Bertz CT molecular complexity index is 417. The first-order chi connectivity index (χ1) is 8.78. The van der Waals surface area contributed by atoms with Crippen molar-refractivity contribution in [2.75, 3.05) is 6.54 Å². The quantitative estimate of drug-likeness (QED) is 0.839. The molecule has 2 N–H and O–H groups in total. The van der Waals surface area contributed by atoms with Crippen molar-refractivity contribution >= 4 is 5.97 Å². The zero-order valence-electron chi connectivity index (χ0n) is 10.2. The summed E-state index contributed by atoms with van der Waals surface area (Å²) in [5.74, 6) is -1.19. The molecule has 1 unspecified atom stereocenters. The van der Waals surface area contributed by atoms with Crippen molar-refractivity contribution in [3.8, 4) is 5.75 Å². The minimum absolute atomic E-state index is 0.0143. The fourth-order valence-corrected chi connectivity index (χ4v) is 1.47. The van der Waals surface area contributed by atoms with Crippen LogP contribution in [0.15, 0.2) is 24.3 Å². The lowest BCUT2D eigenvalue weighted by Crippen LogP contribution is -2.22. The molecule has 1 aromatic carbocycles. The molecule has 1 atom stereocenters. The van der Waals surface area contributed by atoms with Gasteiger partial charge >= 0.3 is 12.3 Å². The van der Waals surface area contributed by atoms with Gasteiger partial charge in [0.05, 0.1) is 6.42 Å². The number of hydrogen-bond donors (Lipinski definition) is 2. The standard InChI is InChI=1S/C12H14F3NO3/c1-8(16-7-6-11(17)18)9-2-4-10(5-3-9)19-12(13,14)15/h2-5,8,16H,6-7H2,1H3,(H,17,18). The van der Waals surface area contributed by atoms with E-state index >= 15 is 0 Å². The van der Waals surface area contributed by atoms with Gasteiger partial charge in [-0.2, -0.15) is 0 Å². The van der Waals surface area contributed by atoms with Crippen LogP contribution >= 0.6 is 0 Å². The van der Waals surface area contributed by atoms with Gasteiger partial charge in [-0.15, -0.1) is 13.2 Å². The molecule has 0 amide bonds. The van der Waals surface area contributed by atoms with Crippen LogP contribution in [0.1, 0.15) is 24.9 Å². The first-order valence-electron chi connectivity index (χ1n) is 5.59. The van der Waals surface area contributed by atoms with Crippen LogP contribution in [0.25, 0.3) is 0 Å². The Morgan fingerprint density at radius 1 is 1.37 bits per heavy atom. The second-order valence-corrected chi connectivity index (χ2v) is 3.94. The topological polar surface area (TPSA) is 58.6 Å². The van der Waals surface area contributed by atoms with Gasteiger partial charge < -0.3 is 15.2 Å². The van der Waals surface area contributed by atoms with Gasteiger partial charge in [-0.25, -0.2) is 0 Å². The van der Waals surface area contributed by atoms with Crippen molar-refractivity contribution < 1.29 is 27.8 Å². The van der Waals surface area contributed by atoms with Gasteiger partial charge in [-0.1, -0.05) is 12.1 Å². The third kappa shape index (κ3) is 6.10. The number of rotatable bonds is 6. The SMILES string of the molecule is CC(NCCC(=O)O)c1ccc(OC(F)(F)F)cc1. The van der Waals surface area contributed by atoms with Crippen LogP contribution in [0.3, 0.4) is 0 Å². The van der Waals surface area contributed by atoms with Crippen LogP contribution in [0.2, 0.25) is 0 Å². The van der Waals surface area contributed by atoms with E-state index in [9.17, 15) is 18.0 Å². The third-order valence-corrected chi connectivity index (χ3v) is 2.40. The Hall–Kier alpha value is -1.76. The molecule has 0 aromatic heterocycles. The lowest BCUT2D eigenvalue weighted by atomic mass is 10.1. The van der Waals surface area contributed by atoms with Gasteiger partial charge in [0.15, 0.2) is 0 Å². The van der Waals surface area contributed by atoms with Gasteiger partial charge in [0.25, 0.3) is 0 Å². The van der Waals surface area contributed by atoms with Crippen LogP contribution in [0, 0.1) is 0 Å². The molecule has 0 bridgehead atoms. The molecule has 0 spiro atoms. The van der Waals surface area contributed by atoms with Gasteiger partial charge in [0.1, 0.15) is 5.75 Å². The summed E-state index contributed by atoms with van der Waals surface area (Å²) in [5, 5.41) is 11.4. The first kappa shape index (κ1) is 15.3. The second-order valence-electron chi connectivity index (χ2n) is 3.94. The van der Waals surface area contributed by atoms with E-state index in [1.54, 1.807) is 6.92 Å². The van der Waals surface area contributed by atoms with Gasteiger partial charge in [0, 0.05) is 12.6 Å². The smallest absolute Gasteiger partial charge is 0.481 e. The van der Waals surface area contributed by atoms with E-state index in [0.29, 0.717) is 0 Å². The zero-order valence-corrected chi connectivity index (χ0v) is 10.2. The molecule has 1 aromatic rings. The van der Waals surface area contributed by atoms with E-state index in [1.165, 1.54) is 24.3 Å². The predicted octanol–water partition coefficient (Wildman–Crippen LogP) is 2.71. The van der Waals surface area contributed by atoms with E-state index in [2.05, 4.69) is 10.1 Å². The molecular weight excluding hydrogens is 263 g/mol. The highest BCUT2D eigenvalue weighted by Crippen LogP contribution is 2.24. The molecule has 0 aliphatic rings. The molecule has 1 rings (SSSR count). The van der Waals surface area contributed by atoms with Crippen molar-refractivity contribution in [2.45, 2.75) is 25.7 Å². The first-order valence-corrected chi connectivity index (χ1v) is 5.59. The maximum atomic E-state index is 12.0. The van der Waals surface area contributed by atoms with E-state index < -0.39 is 12.3 Å². The highest BCUT2D eigenvalue weighted by Gasteiger charge is 2.30. The fraction of sp³-hybridized carbons (Fsp3) is 0.417. The van der Waals surface area contributed by atoms with Crippen LogP contribution < -0.4 is 10.1 Å². The van der Waals surface area contributed by atoms with E-state index in [-0.39, 0.29) is 24.8 Å². The largest absolute Gasteiger partial charge is 0.573 e.